The van der Waals surface area contributed by atoms with Crippen molar-refractivity contribution in [1.29, 1.82) is 0 Å². The Balaban J connectivity index is 3.00. The Morgan fingerprint density at radius 1 is 1.57 bits per heavy atom. The van der Waals surface area contributed by atoms with Crippen LogP contribution in [0.3, 0.4) is 0 Å². The first-order valence-corrected chi connectivity index (χ1v) is 4.71. The monoisotopic (exact) mass is 225 g/mol. The fourth-order valence-electron chi connectivity index (χ4n) is 0.955. The topological polar surface area (TPSA) is 32.6 Å². The van der Waals surface area contributed by atoms with Gasteiger partial charge in [0.1, 0.15) is 0 Å². The van der Waals surface area contributed by atoms with Gasteiger partial charge in [0.25, 0.3) is 0 Å². The summed E-state index contributed by atoms with van der Waals surface area (Å²) in [7, 11) is 0. The van der Waals surface area contributed by atoms with Gasteiger partial charge >= 0.3 is 0 Å². The summed E-state index contributed by atoms with van der Waals surface area (Å²) in [6.07, 6.45) is 3.41. The second-order valence-corrected chi connectivity index (χ2v) is 3.09. The second kappa shape index (κ2) is 5.68. The SMILES string of the molecule is OCC=Cc1ccc(N=C=S)c(Cl)c1. The smallest absolute Gasteiger partial charge is 0.0926 e. The summed E-state index contributed by atoms with van der Waals surface area (Å²) in [5.74, 6) is 0. The van der Waals surface area contributed by atoms with E-state index in [9.17, 15) is 0 Å². The first kappa shape index (κ1) is 11.1. The molecule has 14 heavy (non-hydrogen) atoms. The Labute approximate surface area is 92.6 Å². The minimum Gasteiger partial charge on any atom is -0.392 e. The van der Waals surface area contributed by atoms with E-state index in [1.807, 2.05) is 6.07 Å². The van der Waals surface area contributed by atoms with Crippen molar-refractivity contribution in [1.82, 2.24) is 0 Å². The molecule has 0 saturated carbocycles. The van der Waals surface area contributed by atoms with Gasteiger partial charge in [-0.05, 0) is 29.9 Å². The summed E-state index contributed by atoms with van der Waals surface area (Å²) in [5.41, 5.74) is 1.51. The Kier molecular flexibility index (Phi) is 4.50. The molecular weight excluding hydrogens is 218 g/mol. The van der Waals surface area contributed by atoms with E-state index in [1.165, 1.54) is 0 Å². The van der Waals surface area contributed by atoms with Crippen molar-refractivity contribution in [2.24, 2.45) is 4.99 Å². The molecule has 0 radical (unpaired) electrons. The summed E-state index contributed by atoms with van der Waals surface area (Å²) >= 11 is 10.4. The van der Waals surface area contributed by atoms with E-state index in [0.29, 0.717) is 10.7 Å². The van der Waals surface area contributed by atoms with Gasteiger partial charge in [-0.2, -0.15) is 4.99 Å². The number of aliphatic hydroxyl groups excluding tert-OH is 1. The van der Waals surface area contributed by atoms with Crippen molar-refractivity contribution in [3.63, 3.8) is 0 Å². The highest BCUT2D eigenvalue weighted by Gasteiger charge is 1.97. The summed E-state index contributed by atoms with van der Waals surface area (Å²) < 4.78 is 0. The number of nitrogens with zero attached hydrogens (tertiary/aromatic N) is 1. The number of aliphatic imine (C=N–C) groups is 1. The maximum atomic E-state index is 8.57. The van der Waals surface area contributed by atoms with Gasteiger partial charge in [-0.25, -0.2) is 0 Å². The van der Waals surface area contributed by atoms with Crippen molar-refractivity contribution in [2.75, 3.05) is 6.61 Å². The second-order valence-electron chi connectivity index (χ2n) is 2.50. The Bertz CT molecular complexity index is 397. The molecule has 0 aliphatic carbocycles. The maximum Gasteiger partial charge on any atom is 0.0926 e. The van der Waals surface area contributed by atoms with Gasteiger partial charge in [0.2, 0.25) is 0 Å². The van der Waals surface area contributed by atoms with Crippen LogP contribution in [0.25, 0.3) is 6.08 Å². The van der Waals surface area contributed by atoms with E-state index in [2.05, 4.69) is 22.4 Å². The molecule has 0 saturated heterocycles. The van der Waals surface area contributed by atoms with E-state index >= 15 is 0 Å². The fraction of sp³-hybridized carbons (Fsp3) is 0.100. The first-order chi connectivity index (χ1) is 6.77. The van der Waals surface area contributed by atoms with Crippen LogP contribution < -0.4 is 0 Å². The molecule has 0 unspecified atom stereocenters. The van der Waals surface area contributed by atoms with Crippen molar-refractivity contribution in [2.45, 2.75) is 0 Å². The van der Waals surface area contributed by atoms with Crippen LogP contribution in [0, 0.1) is 0 Å². The average Bonchev–Trinajstić information content (AvgIpc) is 2.19. The zero-order valence-corrected chi connectivity index (χ0v) is 8.85. The molecule has 0 heterocycles. The van der Waals surface area contributed by atoms with Crippen LogP contribution in [-0.4, -0.2) is 16.9 Å². The molecule has 4 heteroatoms. The molecule has 0 amide bonds. The highest BCUT2D eigenvalue weighted by Crippen LogP contribution is 2.25. The van der Waals surface area contributed by atoms with Crippen LogP contribution in [0.2, 0.25) is 5.02 Å². The van der Waals surface area contributed by atoms with Crippen LogP contribution in [0.5, 0.6) is 0 Å². The lowest BCUT2D eigenvalue weighted by atomic mass is 10.2. The van der Waals surface area contributed by atoms with Crippen molar-refractivity contribution < 1.29 is 5.11 Å². The fourth-order valence-corrected chi connectivity index (χ4v) is 1.29. The van der Waals surface area contributed by atoms with Crippen LogP contribution in [0.1, 0.15) is 5.56 Å². The Morgan fingerprint density at radius 3 is 2.93 bits per heavy atom. The van der Waals surface area contributed by atoms with Gasteiger partial charge in [0.15, 0.2) is 0 Å². The summed E-state index contributed by atoms with van der Waals surface area (Å²) in [4.78, 5) is 3.79. The standard InChI is InChI=1S/C10H8ClNOS/c11-9-6-8(2-1-5-13)3-4-10(9)12-7-14/h1-4,6,13H,5H2. The first-order valence-electron chi connectivity index (χ1n) is 3.92. The number of thiocarbonyl (C=S) groups is 1. The number of rotatable bonds is 3. The van der Waals surface area contributed by atoms with E-state index in [-0.39, 0.29) is 6.61 Å². The molecule has 1 N–H and O–H groups in total. The number of benzene rings is 1. The summed E-state index contributed by atoms with van der Waals surface area (Å²) in [5, 5.41) is 11.3. The predicted octanol–water partition coefficient (Wildman–Crippen LogP) is 3.08. The number of hydrogen-bond acceptors (Lipinski definition) is 3. The minimum absolute atomic E-state index is 0.0114. The summed E-state index contributed by atoms with van der Waals surface area (Å²) in [6, 6.07) is 5.33. The van der Waals surface area contributed by atoms with Crippen molar-refractivity contribution >= 4 is 40.7 Å². The minimum atomic E-state index is 0.0114. The molecule has 0 bridgehead atoms. The van der Waals surface area contributed by atoms with Crippen LogP contribution in [0.4, 0.5) is 5.69 Å². The van der Waals surface area contributed by atoms with Gasteiger partial charge < -0.3 is 5.11 Å². The maximum absolute atomic E-state index is 8.57. The third kappa shape index (κ3) is 3.05. The molecular formula is C10H8ClNOS. The van der Waals surface area contributed by atoms with E-state index in [1.54, 1.807) is 24.3 Å². The molecule has 0 fully saturated rings. The summed E-state index contributed by atoms with van der Waals surface area (Å²) in [6.45, 7) is 0.0114. The lowest BCUT2D eigenvalue weighted by molar-refractivity contribution is 0.343. The third-order valence-electron chi connectivity index (χ3n) is 1.55. The zero-order valence-electron chi connectivity index (χ0n) is 7.27. The highest BCUT2D eigenvalue weighted by atomic mass is 35.5. The largest absolute Gasteiger partial charge is 0.392 e. The molecule has 0 aliphatic rings. The third-order valence-corrected chi connectivity index (χ3v) is 1.95. The quantitative estimate of drug-likeness (QED) is 0.634. The van der Waals surface area contributed by atoms with Gasteiger partial charge in [-0.1, -0.05) is 29.8 Å². The van der Waals surface area contributed by atoms with Crippen molar-refractivity contribution in [3.05, 3.63) is 34.9 Å². The van der Waals surface area contributed by atoms with Gasteiger partial charge in [0, 0.05) is 0 Å². The van der Waals surface area contributed by atoms with Gasteiger partial charge in [0.05, 0.1) is 22.5 Å². The molecule has 0 aliphatic heterocycles. The van der Waals surface area contributed by atoms with Crippen molar-refractivity contribution in [3.8, 4) is 0 Å². The van der Waals surface area contributed by atoms with E-state index < -0.39 is 0 Å². The molecule has 1 rings (SSSR count). The molecule has 72 valence electrons. The number of aliphatic hydroxyl groups is 1. The van der Waals surface area contributed by atoms with Gasteiger partial charge in [-0.15, -0.1) is 0 Å². The Hall–Kier alpha value is -0.990. The normalized spacial score (nSPS) is 10.1. The highest BCUT2D eigenvalue weighted by molar-refractivity contribution is 7.78. The van der Waals surface area contributed by atoms with Crippen LogP contribution in [0.15, 0.2) is 29.3 Å². The van der Waals surface area contributed by atoms with E-state index in [0.717, 1.165) is 5.56 Å². The lowest BCUT2D eigenvalue weighted by Crippen LogP contribution is -1.75. The van der Waals surface area contributed by atoms with Crippen LogP contribution >= 0.6 is 23.8 Å². The molecule has 0 aromatic heterocycles. The number of isothiocyanates is 1. The van der Waals surface area contributed by atoms with Gasteiger partial charge in [-0.3, -0.25) is 0 Å². The number of halogens is 1. The zero-order chi connectivity index (χ0) is 10.4. The molecule has 1 aromatic rings. The van der Waals surface area contributed by atoms with Crippen LogP contribution in [-0.2, 0) is 0 Å². The Morgan fingerprint density at radius 2 is 2.36 bits per heavy atom. The number of hydrogen-bond donors (Lipinski definition) is 1. The molecule has 0 atom stereocenters. The lowest BCUT2D eigenvalue weighted by Gasteiger charge is -1.97. The van der Waals surface area contributed by atoms with E-state index in [4.69, 9.17) is 16.7 Å². The predicted molar refractivity (Wildman–Crippen MR) is 62.3 cm³/mol. The molecule has 1 aromatic carbocycles. The molecule has 2 nitrogen and oxygen atoms in total. The molecule has 0 spiro atoms. The average molecular weight is 226 g/mol.